The van der Waals surface area contributed by atoms with Crippen LogP contribution in [-0.2, 0) is 10.0 Å². The highest BCUT2D eigenvalue weighted by molar-refractivity contribution is 9.10. The summed E-state index contributed by atoms with van der Waals surface area (Å²) < 4.78 is 27.7. The van der Waals surface area contributed by atoms with Gasteiger partial charge in [0.1, 0.15) is 0 Å². The van der Waals surface area contributed by atoms with Crippen LogP contribution in [0.2, 0.25) is 0 Å². The second-order valence-corrected chi connectivity index (χ2v) is 7.29. The van der Waals surface area contributed by atoms with Crippen molar-refractivity contribution >= 4 is 26.0 Å². The molecule has 6 heteroatoms. The summed E-state index contributed by atoms with van der Waals surface area (Å²) in [7, 11) is -3.41. The lowest BCUT2D eigenvalue weighted by molar-refractivity contribution is 0.551. The number of benzene rings is 1. The number of hydrogen-bond acceptors (Lipinski definition) is 3. The predicted molar refractivity (Wildman–Crippen MR) is 75.1 cm³/mol. The molecule has 1 aliphatic rings. The van der Waals surface area contributed by atoms with E-state index in [4.69, 9.17) is 0 Å². The van der Waals surface area contributed by atoms with Crippen LogP contribution in [0.3, 0.4) is 0 Å². The molecule has 2 rings (SSSR count). The molecule has 100 valence electrons. The number of halogens is 1. The van der Waals surface area contributed by atoms with Gasteiger partial charge in [0.15, 0.2) is 0 Å². The highest BCUT2D eigenvalue weighted by Crippen LogP contribution is 2.19. The van der Waals surface area contributed by atoms with Crippen LogP contribution in [0.15, 0.2) is 27.6 Å². The van der Waals surface area contributed by atoms with Crippen LogP contribution in [-0.4, -0.2) is 27.5 Å². The minimum atomic E-state index is -3.41. The van der Waals surface area contributed by atoms with E-state index in [2.05, 4.69) is 26.0 Å². The molecule has 0 aliphatic carbocycles. The molecule has 1 aromatic carbocycles. The van der Waals surface area contributed by atoms with E-state index >= 15 is 0 Å². The zero-order chi connectivity index (χ0) is 13.2. The van der Waals surface area contributed by atoms with Gasteiger partial charge in [-0.15, -0.1) is 0 Å². The second kappa shape index (κ2) is 5.69. The van der Waals surface area contributed by atoms with Crippen LogP contribution in [0.5, 0.6) is 0 Å². The van der Waals surface area contributed by atoms with E-state index in [0.717, 1.165) is 29.4 Å². The minimum absolute atomic E-state index is 0.257. The van der Waals surface area contributed by atoms with Crippen LogP contribution in [0.1, 0.15) is 18.4 Å². The number of sulfonamides is 1. The lowest BCUT2D eigenvalue weighted by Crippen LogP contribution is -2.37. The van der Waals surface area contributed by atoms with Gasteiger partial charge in [0.25, 0.3) is 0 Å². The van der Waals surface area contributed by atoms with E-state index in [1.165, 1.54) is 0 Å². The van der Waals surface area contributed by atoms with Crippen molar-refractivity contribution in [1.82, 2.24) is 10.0 Å². The Morgan fingerprint density at radius 3 is 2.83 bits per heavy atom. The third-order valence-electron chi connectivity index (χ3n) is 3.01. The van der Waals surface area contributed by atoms with Crippen LogP contribution in [0, 0.1) is 6.92 Å². The number of aryl methyl sites for hydroxylation is 1. The first-order chi connectivity index (χ1) is 8.47. The summed E-state index contributed by atoms with van der Waals surface area (Å²) in [5.41, 5.74) is 0.920. The fourth-order valence-electron chi connectivity index (χ4n) is 2.08. The minimum Gasteiger partial charge on any atom is -0.313 e. The van der Waals surface area contributed by atoms with Crippen molar-refractivity contribution < 1.29 is 8.42 Å². The molecule has 1 fully saturated rings. The molecule has 0 radical (unpaired) electrons. The maximum atomic E-state index is 12.1. The Bertz CT molecular complexity index is 505. The van der Waals surface area contributed by atoms with Gasteiger partial charge in [0.05, 0.1) is 4.90 Å². The summed E-state index contributed by atoms with van der Waals surface area (Å²) in [5.74, 6) is 0. The van der Waals surface area contributed by atoms with Crippen molar-refractivity contribution in [3.8, 4) is 0 Å². The highest BCUT2D eigenvalue weighted by atomic mass is 79.9. The summed E-state index contributed by atoms with van der Waals surface area (Å²) >= 11 is 3.32. The largest absolute Gasteiger partial charge is 0.313 e. The maximum Gasteiger partial charge on any atom is 0.240 e. The molecule has 0 aromatic heterocycles. The summed E-state index contributed by atoms with van der Waals surface area (Å²) in [6.07, 6.45) is 2.14. The van der Waals surface area contributed by atoms with Gasteiger partial charge in [-0.2, -0.15) is 0 Å². The van der Waals surface area contributed by atoms with Crippen LogP contribution < -0.4 is 10.0 Å². The third-order valence-corrected chi connectivity index (χ3v) is 4.87. The predicted octanol–water partition coefficient (Wildman–Crippen LogP) is 1.79. The first-order valence-corrected chi connectivity index (χ1v) is 8.25. The molecule has 18 heavy (non-hydrogen) atoms. The lowest BCUT2D eigenvalue weighted by Gasteiger charge is -2.12. The quantitative estimate of drug-likeness (QED) is 0.883. The second-order valence-electron chi connectivity index (χ2n) is 4.61. The summed E-state index contributed by atoms with van der Waals surface area (Å²) in [4.78, 5) is 0.312. The van der Waals surface area contributed by atoms with Gasteiger partial charge < -0.3 is 5.32 Å². The van der Waals surface area contributed by atoms with Gasteiger partial charge in [-0.3, -0.25) is 0 Å². The van der Waals surface area contributed by atoms with Crippen molar-refractivity contribution in [3.05, 3.63) is 28.2 Å². The zero-order valence-electron chi connectivity index (χ0n) is 10.2. The molecule has 0 spiro atoms. The number of hydrogen-bond donors (Lipinski definition) is 2. The molecule has 4 nitrogen and oxygen atoms in total. The fraction of sp³-hybridized carbons (Fsp3) is 0.500. The Balaban J connectivity index is 2.09. The smallest absolute Gasteiger partial charge is 0.240 e. The van der Waals surface area contributed by atoms with E-state index in [-0.39, 0.29) is 6.04 Å². The van der Waals surface area contributed by atoms with Crippen molar-refractivity contribution in [3.63, 3.8) is 0 Å². The van der Waals surface area contributed by atoms with Gasteiger partial charge in [-0.05, 0) is 50.1 Å². The van der Waals surface area contributed by atoms with Gasteiger partial charge in [-0.25, -0.2) is 13.1 Å². The monoisotopic (exact) mass is 332 g/mol. The average molecular weight is 333 g/mol. The Morgan fingerprint density at radius 1 is 1.44 bits per heavy atom. The Labute approximate surface area is 116 Å². The van der Waals surface area contributed by atoms with E-state index < -0.39 is 10.0 Å². The molecule has 0 saturated carbocycles. The van der Waals surface area contributed by atoms with Crippen LogP contribution in [0.4, 0.5) is 0 Å². The SMILES string of the molecule is Cc1cc(Br)cc(S(=O)(=O)NCC2CCCN2)c1. The average Bonchev–Trinajstić information content (AvgIpc) is 2.78. The summed E-state index contributed by atoms with van der Waals surface area (Å²) in [6, 6.07) is 5.44. The molecule has 1 saturated heterocycles. The molecule has 2 N–H and O–H groups in total. The van der Waals surface area contributed by atoms with Crippen molar-refractivity contribution in [2.45, 2.75) is 30.7 Å². The Kier molecular flexibility index (Phi) is 4.42. The maximum absolute atomic E-state index is 12.1. The standard InChI is InChI=1S/C12H17BrN2O2S/c1-9-5-10(13)7-12(6-9)18(16,17)15-8-11-3-2-4-14-11/h5-7,11,14-15H,2-4,8H2,1H3. The molecule has 0 bridgehead atoms. The van der Waals surface area contributed by atoms with Gasteiger partial charge >= 0.3 is 0 Å². The molecule has 1 heterocycles. The number of rotatable bonds is 4. The molecule has 1 unspecified atom stereocenters. The van der Waals surface area contributed by atoms with E-state index in [0.29, 0.717) is 11.4 Å². The van der Waals surface area contributed by atoms with Gasteiger partial charge in [0, 0.05) is 17.1 Å². The van der Waals surface area contributed by atoms with Crippen LogP contribution in [0.25, 0.3) is 0 Å². The van der Waals surface area contributed by atoms with Crippen LogP contribution >= 0.6 is 15.9 Å². The van der Waals surface area contributed by atoms with E-state index in [9.17, 15) is 8.42 Å². The summed E-state index contributed by atoms with van der Waals surface area (Å²) in [6.45, 7) is 3.30. The van der Waals surface area contributed by atoms with Crippen molar-refractivity contribution in [2.75, 3.05) is 13.1 Å². The van der Waals surface area contributed by atoms with Gasteiger partial charge in [0.2, 0.25) is 10.0 Å². The van der Waals surface area contributed by atoms with Crippen molar-refractivity contribution in [1.29, 1.82) is 0 Å². The Morgan fingerprint density at radius 2 is 2.22 bits per heavy atom. The number of nitrogens with one attached hydrogen (secondary N) is 2. The topological polar surface area (TPSA) is 58.2 Å². The first kappa shape index (κ1) is 14.0. The molecular formula is C12H17BrN2O2S. The first-order valence-electron chi connectivity index (χ1n) is 5.97. The van der Waals surface area contributed by atoms with E-state index in [1.54, 1.807) is 12.1 Å². The van der Waals surface area contributed by atoms with Crippen molar-refractivity contribution in [2.24, 2.45) is 0 Å². The lowest BCUT2D eigenvalue weighted by atomic mass is 10.2. The zero-order valence-corrected chi connectivity index (χ0v) is 12.6. The molecule has 0 amide bonds. The fourth-order valence-corrected chi connectivity index (χ4v) is 4.05. The molecule has 1 aliphatic heterocycles. The Hall–Kier alpha value is -0.430. The van der Waals surface area contributed by atoms with Gasteiger partial charge in [-0.1, -0.05) is 15.9 Å². The molecule has 1 atom stereocenters. The molecule has 1 aromatic rings. The highest BCUT2D eigenvalue weighted by Gasteiger charge is 2.19. The summed E-state index contributed by atoms with van der Waals surface area (Å²) in [5, 5.41) is 3.27. The van der Waals surface area contributed by atoms with E-state index in [1.807, 2.05) is 13.0 Å². The third kappa shape index (κ3) is 3.54. The normalized spacial score (nSPS) is 20.2. The molecular weight excluding hydrogens is 316 g/mol.